The molecule has 0 aromatic heterocycles. The van der Waals surface area contributed by atoms with E-state index in [0.29, 0.717) is 30.2 Å². The molecule has 2 aromatic rings. The molecule has 0 unspecified atom stereocenters. The fourth-order valence-electron chi connectivity index (χ4n) is 2.48. The van der Waals surface area contributed by atoms with Crippen molar-refractivity contribution in [3.05, 3.63) is 48.0 Å². The normalized spacial score (nSPS) is 17.6. The van der Waals surface area contributed by atoms with Crippen molar-refractivity contribution < 1.29 is 14.4 Å². The highest BCUT2D eigenvalue weighted by Crippen LogP contribution is 2.24. The van der Waals surface area contributed by atoms with Crippen LogP contribution in [-0.4, -0.2) is 30.6 Å². The third-order valence-corrected chi connectivity index (χ3v) is 4.19. The molecule has 0 atom stereocenters. The molecule has 3 rings (SSSR count). The topological polar surface area (TPSA) is 77.1 Å². The number of nitrogens with two attached hydrogens (primary N) is 1. The standard InChI is InChI=1S/C18H20BClN2O3/c1-18(2)10-24-19(25-11-18)12-3-8-16(21)15(9-12)17(20)22-13-4-6-14(23)7-5-13/h3-9,23H,10-11,21H2,1-2H3. The van der Waals surface area contributed by atoms with Crippen molar-refractivity contribution in [1.29, 1.82) is 0 Å². The number of phenols is 1. The number of aliphatic imine (C=N–C) groups is 1. The second-order valence-electron chi connectivity index (χ2n) is 6.88. The summed E-state index contributed by atoms with van der Waals surface area (Å²) in [5, 5.41) is 9.61. The van der Waals surface area contributed by atoms with Crippen LogP contribution in [0.4, 0.5) is 11.4 Å². The quantitative estimate of drug-likeness (QED) is 0.502. The van der Waals surface area contributed by atoms with Crippen molar-refractivity contribution in [3.63, 3.8) is 0 Å². The summed E-state index contributed by atoms with van der Waals surface area (Å²) < 4.78 is 11.6. The number of hydrogen-bond acceptors (Lipinski definition) is 5. The molecule has 0 amide bonds. The van der Waals surface area contributed by atoms with E-state index in [4.69, 9.17) is 26.6 Å². The van der Waals surface area contributed by atoms with Crippen molar-refractivity contribution in [2.24, 2.45) is 10.4 Å². The first-order valence-electron chi connectivity index (χ1n) is 8.00. The number of phenolic OH excluding ortho intramolecular Hbond substituents is 1. The molecular formula is C18H20BClN2O3. The number of benzene rings is 2. The number of rotatable bonds is 3. The maximum Gasteiger partial charge on any atom is 0.493 e. The Hall–Kier alpha value is -2.02. The molecule has 0 radical (unpaired) electrons. The van der Waals surface area contributed by atoms with Gasteiger partial charge in [-0.15, -0.1) is 0 Å². The molecule has 0 spiro atoms. The molecule has 130 valence electrons. The molecule has 1 saturated heterocycles. The minimum absolute atomic E-state index is 0.00507. The second-order valence-corrected chi connectivity index (χ2v) is 7.24. The Labute approximate surface area is 152 Å². The lowest BCUT2D eigenvalue weighted by Crippen LogP contribution is -2.47. The van der Waals surface area contributed by atoms with Gasteiger partial charge < -0.3 is 20.1 Å². The van der Waals surface area contributed by atoms with Crippen LogP contribution in [0.15, 0.2) is 47.5 Å². The minimum Gasteiger partial charge on any atom is -0.508 e. The van der Waals surface area contributed by atoms with Crippen LogP contribution in [-0.2, 0) is 9.31 Å². The molecule has 0 saturated carbocycles. The number of anilines is 1. The van der Waals surface area contributed by atoms with Crippen molar-refractivity contribution in [3.8, 4) is 5.75 Å². The molecule has 2 aromatic carbocycles. The molecular weight excluding hydrogens is 338 g/mol. The Morgan fingerprint density at radius 2 is 1.80 bits per heavy atom. The Balaban J connectivity index is 1.85. The van der Waals surface area contributed by atoms with E-state index in [0.717, 1.165) is 5.46 Å². The number of nitrogens with zero attached hydrogens (tertiary/aromatic N) is 1. The average Bonchev–Trinajstić information content (AvgIpc) is 2.57. The fourth-order valence-corrected chi connectivity index (χ4v) is 2.75. The number of hydrogen-bond donors (Lipinski definition) is 2. The van der Waals surface area contributed by atoms with Crippen LogP contribution in [0, 0.1) is 5.41 Å². The van der Waals surface area contributed by atoms with Gasteiger partial charge in [-0.1, -0.05) is 37.6 Å². The predicted octanol–water partition coefficient (Wildman–Crippen LogP) is 3.06. The number of nitrogen functional groups attached to an aromatic ring is 1. The smallest absolute Gasteiger partial charge is 0.493 e. The van der Waals surface area contributed by atoms with Gasteiger partial charge in [-0.3, -0.25) is 0 Å². The highest BCUT2D eigenvalue weighted by Gasteiger charge is 2.33. The van der Waals surface area contributed by atoms with Gasteiger partial charge in [0.2, 0.25) is 0 Å². The van der Waals surface area contributed by atoms with Crippen molar-refractivity contribution in [2.45, 2.75) is 13.8 Å². The van der Waals surface area contributed by atoms with Crippen LogP contribution in [0.2, 0.25) is 0 Å². The predicted molar refractivity (Wildman–Crippen MR) is 102 cm³/mol. The lowest BCUT2D eigenvalue weighted by Gasteiger charge is -2.33. The zero-order valence-electron chi connectivity index (χ0n) is 14.2. The van der Waals surface area contributed by atoms with E-state index in [1.165, 1.54) is 0 Å². The summed E-state index contributed by atoms with van der Waals surface area (Å²) in [6, 6.07) is 11.9. The molecule has 5 nitrogen and oxygen atoms in total. The SMILES string of the molecule is CC1(C)COB(c2ccc(N)c(C(Cl)=Nc3ccc(O)cc3)c2)OC1. The van der Waals surface area contributed by atoms with Gasteiger partial charge in [-0.2, -0.15) is 0 Å². The maximum atomic E-state index is 9.34. The van der Waals surface area contributed by atoms with Crippen LogP contribution in [0.5, 0.6) is 5.75 Å². The van der Waals surface area contributed by atoms with E-state index >= 15 is 0 Å². The van der Waals surface area contributed by atoms with Gasteiger partial charge in [0.05, 0.1) is 5.69 Å². The van der Waals surface area contributed by atoms with E-state index in [9.17, 15) is 5.11 Å². The molecule has 1 aliphatic heterocycles. The zero-order valence-corrected chi connectivity index (χ0v) is 15.0. The molecule has 0 aliphatic carbocycles. The summed E-state index contributed by atoms with van der Waals surface area (Å²) in [4.78, 5) is 4.35. The minimum atomic E-state index is -0.439. The second kappa shape index (κ2) is 7.08. The average molecular weight is 359 g/mol. The van der Waals surface area contributed by atoms with E-state index in [1.54, 1.807) is 30.3 Å². The van der Waals surface area contributed by atoms with Gasteiger partial charge in [-0.05, 0) is 35.8 Å². The Morgan fingerprint density at radius 3 is 2.44 bits per heavy atom. The third-order valence-electron chi connectivity index (χ3n) is 3.90. The van der Waals surface area contributed by atoms with Gasteiger partial charge in [0, 0.05) is 29.9 Å². The summed E-state index contributed by atoms with van der Waals surface area (Å²) in [6.07, 6.45) is 0. The molecule has 7 heteroatoms. The van der Waals surface area contributed by atoms with Gasteiger partial charge in [0.25, 0.3) is 0 Å². The molecule has 1 heterocycles. The first-order chi connectivity index (χ1) is 11.8. The van der Waals surface area contributed by atoms with Crippen molar-refractivity contribution in [1.82, 2.24) is 0 Å². The Morgan fingerprint density at radius 1 is 1.16 bits per heavy atom. The van der Waals surface area contributed by atoms with Gasteiger partial charge in [-0.25, -0.2) is 4.99 Å². The van der Waals surface area contributed by atoms with Crippen LogP contribution in [0.3, 0.4) is 0 Å². The summed E-state index contributed by atoms with van der Waals surface area (Å²) in [7, 11) is -0.439. The number of aromatic hydroxyl groups is 1. The summed E-state index contributed by atoms with van der Waals surface area (Å²) >= 11 is 6.37. The highest BCUT2D eigenvalue weighted by atomic mass is 35.5. The van der Waals surface area contributed by atoms with Gasteiger partial charge in [0.15, 0.2) is 0 Å². The summed E-state index contributed by atoms with van der Waals surface area (Å²) in [5.41, 5.74) is 8.67. The van der Waals surface area contributed by atoms with E-state index in [2.05, 4.69) is 18.8 Å². The largest absolute Gasteiger partial charge is 0.508 e. The van der Waals surface area contributed by atoms with Gasteiger partial charge >= 0.3 is 7.12 Å². The first kappa shape index (κ1) is 17.8. The van der Waals surface area contributed by atoms with Crippen LogP contribution in [0.25, 0.3) is 0 Å². The summed E-state index contributed by atoms with van der Waals surface area (Å²) in [6.45, 7) is 5.43. The van der Waals surface area contributed by atoms with Gasteiger partial charge in [0.1, 0.15) is 10.9 Å². The van der Waals surface area contributed by atoms with E-state index in [-0.39, 0.29) is 16.3 Å². The summed E-state index contributed by atoms with van der Waals surface area (Å²) in [5.74, 6) is 0.172. The Bertz CT molecular complexity index is 783. The van der Waals surface area contributed by atoms with E-state index < -0.39 is 7.12 Å². The van der Waals surface area contributed by atoms with Crippen molar-refractivity contribution >= 4 is 40.7 Å². The fraction of sp³-hybridized carbons (Fsp3) is 0.278. The van der Waals surface area contributed by atoms with Crippen LogP contribution in [0.1, 0.15) is 19.4 Å². The highest BCUT2D eigenvalue weighted by molar-refractivity contribution is 6.71. The monoisotopic (exact) mass is 358 g/mol. The molecule has 1 fully saturated rings. The maximum absolute atomic E-state index is 9.34. The molecule has 25 heavy (non-hydrogen) atoms. The lowest BCUT2D eigenvalue weighted by atomic mass is 9.75. The molecule has 0 bridgehead atoms. The lowest BCUT2D eigenvalue weighted by molar-refractivity contribution is 0.0343. The first-order valence-corrected chi connectivity index (χ1v) is 8.38. The van der Waals surface area contributed by atoms with Crippen LogP contribution >= 0.6 is 11.6 Å². The van der Waals surface area contributed by atoms with Crippen molar-refractivity contribution in [2.75, 3.05) is 18.9 Å². The van der Waals surface area contributed by atoms with E-state index in [1.807, 2.05) is 12.1 Å². The zero-order chi connectivity index (χ0) is 18.0. The molecule has 3 N–H and O–H groups in total. The number of halogens is 1. The Kier molecular flexibility index (Phi) is 5.04. The molecule has 1 aliphatic rings. The van der Waals surface area contributed by atoms with Crippen LogP contribution < -0.4 is 11.2 Å². The third kappa shape index (κ3) is 4.34.